The topological polar surface area (TPSA) is 44.1 Å². The van der Waals surface area contributed by atoms with E-state index >= 15 is 0 Å². The zero-order valence-corrected chi connectivity index (χ0v) is 19.2. The molecule has 158 valence electrons. The smallest absolute Gasteiger partial charge is 0.129 e. The van der Waals surface area contributed by atoms with Crippen molar-refractivity contribution in [2.75, 3.05) is 26.2 Å². The minimum absolute atomic E-state index is 0.656. The lowest BCUT2D eigenvalue weighted by atomic mass is 10.2. The minimum atomic E-state index is 0.656. The van der Waals surface area contributed by atoms with Gasteiger partial charge < -0.3 is 14.8 Å². The quantitative estimate of drug-likeness (QED) is 0.560. The summed E-state index contributed by atoms with van der Waals surface area (Å²) in [5, 5.41) is 16.5. The van der Waals surface area contributed by atoms with E-state index in [1.807, 2.05) is 13.8 Å². The van der Waals surface area contributed by atoms with Gasteiger partial charge in [0.25, 0.3) is 0 Å². The Morgan fingerprint density at radius 3 is 2.72 bits per heavy atom. The molecule has 0 unspecified atom stereocenters. The second kappa shape index (κ2) is 12.5. The molecule has 1 fully saturated rings. The van der Waals surface area contributed by atoms with E-state index in [9.17, 15) is 0 Å². The molecule has 1 aliphatic rings. The zero-order chi connectivity index (χ0) is 21.1. The number of hydrogen-bond acceptors (Lipinski definition) is 3. The molecule has 1 aliphatic heterocycles. The normalized spacial score (nSPS) is 15.7. The number of rotatable bonds is 6. The summed E-state index contributed by atoms with van der Waals surface area (Å²) in [7, 11) is 0. The van der Waals surface area contributed by atoms with E-state index in [2.05, 4.69) is 76.6 Å². The summed E-state index contributed by atoms with van der Waals surface area (Å²) >= 11 is 1.75. The van der Waals surface area contributed by atoms with Crippen LogP contribution in [0.15, 0.2) is 35.9 Å². The predicted molar refractivity (Wildman–Crippen MR) is 128 cm³/mol. The van der Waals surface area contributed by atoms with Gasteiger partial charge in [-0.15, -0.1) is 11.3 Å². The molecule has 2 N–H and O–H groups in total. The van der Waals surface area contributed by atoms with Crippen LogP contribution in [0.5, 0.6) is 0 Å². The first-order valence-corrected chi connectivity index (χ1v) is 11.7. The van der Waals surface area contributed by atoms with Gasteiger partial charge in [-0.3, -0.25) is 5.41 Å². The van der Waals surface area contributed by atoms with E-state index < -0.39 is 0 Å². The number of thiophene rings is 1. The molecule has 3 heterocycles. The molecule has 0 aromatic carbocycles. The summed E-state index contributed by atoms with van der Waals surface area (Å²) in [5.41, 5.74) is 1.04. The molecule has 5 heteroatoms. The molecule has 0 atom stereocenters. The van der Waals surface area contributed by atoms with Crippen LogP contribution < -0.4 is 15.9 Å². The molecule has 1 saturated heterocycles. The first kappa shape index (κ1) is 23.2. The lowest BCUT2D eigenvalue weighted by Gasteiger charge is -2.29. The fraction of sp³-hybridized carbons (Fsp3) is 0.458. The van der Waals surface area contributed by atoms with Gasteiger partial charge in [0.1, 0.15) is 5.84 Å². The Morgan fingerprint density at radius 2 is 2.03 bits per heavy atom. The van der Waals surface area contributed by atoms with Crippen molar-refractivity contribution in [1.82, 2.24) is 14.8 Å². The van der Waals surface area contributed by atoms with Gasteiger partial charge in [0, 0.05) is 53.5 Å². The van der Waals surface area contributed by atoms with Gasteiger partial charge >= 0.3 is 0 Å². The molecule has 0 saturated carbocycles. The Balaban J connectivity index is 0.00000145. The first-order chi connectivity index (χ1) is 14.2. The standard InChI is InChI=1S/C22H30N4S.C2H6/c1-3-5-6-7-8-21-18(4-2)9-12-26(21)16-20-15-19(17-27-20)22(23)25-13-10-24-11-14-25;1-2/h4,6-9,12,15,17,23-24H,3,5,10-11,13-14,16H2,1-2H3;1-2H3/b7-6-,18-4-,21-8+,23-22?;. The van der Waals surface area contributed by atoms with Gasteiger partial charge in [0.2, 0.25) is 0 Å². The third-order valence-corrected chi connectivity index (χ3v) is 5.80. The number of unbranched alkanes of at least 4 members (excludes halogenated alkanes) is 1. The molecule has 0 radical (unpaired) electrons. The number of amidine groups is 1. The molecule has 0 amide bonds. The molecule has 2 aromatic heterocycles. The van der Waals surface area contributed by atoms with Crippen molar-refractivity contribution in [2.24, 2.45) is 0 Å². The number of piperazine rings is 1. The third-order valence-electron chi connectivity index (χ3n) is 4.88. The zero-order valence-electron chi connectivity index (χ0n) is 18.4. The molecular weight excluding hydrogens is 376 g/mol. The van der Waals surface area contributed by atoms with Crippen molar-refractivity contribution in [1.29, 1.82) is 5.41 Å². The maximum Gasteiger partial charge on any atom is 0.129 e. The molecule has 0 spiro atoms. The molecule has 3 rings (SSSR count). The van der Waals surface area contributed by atoms with Crippen LogP contribution in [-0.2, 0) is 6.54 Å². The van der Waals surface area contributed by atoms with Crippen LogP contribution in [0, 0.1) is 5.41 Å². The summed E-state index contributed by atoms with van der Waals surface area (Å²) in [6.07, 6.45) is 13.2. The van der Waals surface area contributed by atoms with E-state index in [1.54, 1.807) is 11.3 Å². The van der Waals surface area contributed by atoms with E-state index in [-0.39, 0.29) is 0 Å². The number of aromatic nitrogens is 1. The van der Waals surface area contributed by atoms with E-state index in [1.165, 1.54) is 21.9 Å². The van der Waals surface area contributed by atoms with Crippen molar-refractivity contribution >= 4 is 29.3 Å². The van der Waals surface area contributed by atoms with Gasteiger partial charge in [0.05, 0.1) is 6.54 Å². The van der Waals surface area contributed by atoms with E-state index in [0.29, 0.717) is 5.84 Å². The van der Waals surface area contributed by atoms with Crippen molar-refractivity contribution in [3.63, 3.8) is 0 Å². The van der Waals surface area contributed by atoms with Crippen LogP contribution >= 0.6 is 11.3 Å². The number of nitrogens with one attached hydrogen (secondary N) is 2. The van der Waals surface area contributed by atoms with Gasteiger partial charge in [-0.2, -0.15) is 0 Å². The Bertz CT molecular complexity index is 898. The minimum Gasteiger partial charge on any atom is -0.354 e. The highest BCUT2D eigenvalue weighted by Crippen LogP contribution is 2.17. The lowest BCUT2D eigenvalue weighted by Crippen LogP contribution is -2.46. The van der Waals surface area contributed by atoms with Gasteiger partial charge in [-0.25, -0.2) is 0 Å². The maximum absolute atomic E-state index is 8.50. The van der Waals surface area contributed by atoms with Crippen molar-refractivity contribution < 1.29 is 0 Å². The molecule has 0 aliphatic carbocycles. The Labute approximate surface area is 179 Å². The van der Waals surface area contributed by atoms with Crippen molar-refractivity contribution in [3.05, 3.63) is 56.9 Å². The van der Waals surface area contributed by atoms with Crippen molar-refractivity contribution in [3.8, 4) is 0 Å². The summed E-state index contributed by atoms with van der Waals surface area (Å²) in [6, 6.07) is 4.36. The fourth-order valence-electron chi connectivity index (χ4n) is 3.32. The highest BCUT2D eigenvalue weighted by Gasteiger charge is 2.16. The molecule has 29 heavy (non-hydrogen) atoms. The average molecular weight is 413 g/mol. The second-order valence-electron chi connectivity index (χ2n) is 6.84. The Hall–Kier alpha value is -2.11. The van der Waals surface area contributed by atoms with Gasteiger partial charge in [0.15, 0.2) is 0 Å². The third kappa shape index (κ3) is 6.44. The summed E-state index contributed by atoms with van der Waals surface area (Å²) in [4.78, 5) is 3.45. The van der Waals surface area contributed by atoms with Crippen LogP contribution in [-0.4, -0.2) is 41.5 Å². The number of hydrogen-bond donors (Lipinski definition) is 2. The summed E-state index contributed by atoms with van der Waals surface area (Å²) in [5.74, 6) is 0.656. The number of nitrogens with zero attached hydrogens (tertiary/aromatic N) is 2. The highest BCUT2D eigenvalue weighted by atomic mass is 32.1. The summed E-state index contributed by atoms with van der Waals surface area (Å²) in [6.45, 7) is 12.9. The van der Waals surface area contributed by atoms with Crippen molar-refractivity contribution in [2.45, 2.75) is 47.1 Å². The van der Waals surface area contributed by atoms with E-state index in [0.717, 1.165) is 44.7 Å². The van der Waals surface area contributed by atoms with Crippen LogP contribution in [0.4, 0.5) is 0 Å². The molecule has 4 nitrogen and oxygen atoms in total. The maximum atomic E-state index is 8.50. The van der Waals surface area contributed by atoms with Crippen LogP contribution in [0.25, 0.3) is 12.2 Å². The predicted octanol–water partition coefficient (Wildman–Crippen LogP) is 3.79. The average Bonchev–Trinajstić information content (AvgIpc) is 3.40. The van der Waals surface area contributed by atoms with E-state index in [4.69, 9.17) is 5.41 Å². The van der Waals surface area contributed by atoms with Crippen LogP contribution in [0.1, 0.15) is 51.0 Å². The Morgan fingerprint density at radius 1 is 1.28 bits per heavy atom. The van der Waals surface area contributed by atoms with Crippen LogP contribution in [0.2, 0.25) is 0 Å². The SMILES string of the molecule is C/C=c1/ccn(Cc2cc(C(=N)N3CCNCC3)cs2)/c1=C/C=C\CCC.CC. The lowest BCUT2D eigenvalue weighted by molar-refractivity contribution is 0.356. The molecule has 0 bridgehead atoms. The van der Waals surface area contributed by atoms with Gasteiger partial charge in [-0.05, 0) is 36.8 Å². The first-order valence-electron chi connectivity index (χ1n) is 10.8. The summed E-state index contributed by atoms with van der Waals surface area (Å²) < 4.78 is 2.30. The highest BCUT2D eigenvalue weighted by molar-refractivity contribution is 7.10. The monoisotopic (exact) mass is 412 g/mol. The fourth-order valence-corrected chi connectivity index (χ4v) is 4.19. The van der Waals surface area contributed by atoms with Gasteiger partial charge in [-0.1, -0.05) is 45.4 Å². The largest absolute Gasteiger partial charge is 0.354 e. The number of allylic oxidation sites excluding steroid dienone is 2. The second-order valence-corrected chi connectivity index (χ2v) is 7.84. The Kier molecular flexibility index (Phi) is 9.95. The molecule has 2 aromatic rings. The molecular formula is C24H36N4S. The van der Waals surface area contributed by atoms with Crippen LogP contribution in [0.3, 0.4) is 0 Å².